The maximum atomic E-state index is 12.9. The number of rotatable bonds is 2. The second-order valence-corrected chi connectivity index (χ2v) is 3.65. The van der Waals surface area contributed by atoms with Gasteiger partial charge in [-0.15, -0.1) is 0 Å². The number of benzene rings is 2. The SMILES string of the molecule is Cc1ccc(Nc2cc(F)cc(F)c2)cc1. The van der Waals surface area contributed by atoms with Crippen LogP contribution in [0.2, 0.25) is 0 Å². The largest absolute Gasteiger partial charge is 0.355 e. The lowest BCUT2D eigenvalue weighted by Gasteiger charge is -2.06. The average molecular weight is 219 g/mol. The van der Waals surface area contributed by atoms with Crippen molar-refractivity contribution in [2.75, 3.05) is 5.32 Å². The van der Waals surface area contributed by atoms with E-state index in [2.05, 4.69) is 5.32 Å². The van der Waals surface area contributed by atoms with Gasteiger partial charge in [-0.25, -0.2) is 8.78 Å². The number of anilines is 2. The molecule has 0 saturated heterocycles. The fourth-order valence-corrected chi connectivity index (χ4v) is 1.43. The van der Waals surface area contributed by atoms with Crippen LogP contribution in [-0.4, -0.2) is 0 Å². The van der Waals surface area contributed by atoms with Gasteiger partial charge in [-0.3, -0.25) is 0 Å². The summed E-state index contributed by atoms with van der Waals surface area (Å²) in [5.41, 5.74) is 2.34. The van der Waals surface area contributed by atoms with Gasteiger partial charge in [0.1, 0.15) is 11.6 Å². The summed E-state index contributed by atoms with van der Waals surface area (Å²) in [5.74, 6) is -1.18. The van der Waals surface area contributed by atoms with E-state index in [9.17, 15) is 8.78 Å². The Morgan fingerprint density at radius 3 is 1.94 bits per heavy atom. The third-order valence-electron chi connectivity index (χ3n) is 2.20. The normalized spacial score (nSPS) is 10.2. The van der Waals surface area contributed by atoms with Gasteiger partial charge in [0.25, 0.3) is 0 Å². The molecular formula is C13H11F2N. The monoisotopic (exact) mass is 219 g/mol. The highest BCUT2D eigenvalue weighted by Gasteiger charge is 2.00. The Morgan fingerprint density at radius 1 is 0.812 bits per heavy atom. The first-order valence-electron chi connectivity index (χ1n) is 4.93. The summed E-state index contributed by atoms with van der Waals surface area (Å²) in [6.45, 7) is 1.98. The Morgan fingerprint density at radius 2 is 1.38 bits per heavy atom. The third kappa shape index (κ3) is 2.57. The molecule has 2 aromatic carbocycles. The Hall–Kier alpha value is -1.90. The van der Waals surface area contributed by atoms with E-state index in [4.69, 9.17) is 0 Å². The van der Waals surface area contributed by atoms with Crippen LogP contribution in [0.25, 0.3) is 0 Å². The lowest BCUT2D eigenvalue weighted by molar-refractivity contribution is 0.584. The maximum absolute atomic E-state index is 12.9. The van der Waals surface area contributed by atoms with Crippen molar-refractivity contribution in [3.63, 3.8) is 0 Å². The number of nitrogens with one attached hydrogen (secondary N) is 1. The smallest absolute Gasteiger partial charge is 0.128 e. The molecular weight excluding hydrogens is 208 g/mol. The Kier molecular flexibility index (Phi) is 2.86. The first-order chi connectivity index (χ1) is 7.63. The molecule has 0 radical (unpaired) electrons. The van der Waals surface area contributed by atoms with Gasteiger partial charge in [0.05, 0.1) is 0 Å². The van der Waals surface area contributed by atoms with Gasteiger partial charge in [-0.2, -0.15) is 0 Å². The molecule has 0 aliphatic heterocycles. The van der Waals surface area contributed by atoms with Crippen LogP contribution in [0.15, 0.2) is 42.5 Å². The fourth-order valence-electron chi connectivity index (χ4n) is 1.43. The van der Waals surface area contributed by atoms with E-state index in [1.165, 1.54) is 12.1 Å². The molecule has 0 amide bonds. The van der Waals surface area contributed by atoms with Gasteiger partial charge in [-0.1, -0.05) is 17.7 Å². The quantitative estimate of drug-likeness (QED) is 0.804. The minimum absolute atomic E-state index is 0.404. The van der Waals surface area contributed by atoms with Crippen molar-refractivity contribution in [2.24, 2.45) is 0 Å². The first-order valence-corrected chi connectivity index (χ1v) is 4.93. The Bertz CT molecular complexity index is 472. The molecule has 0 aliphatic rings. The minimum Gasteiger partial charge on any atom is -0.355 e. The zero-order valence-corrected chi connectivity index (χ0v) is 8.80. The lowest BCUT2D eigenvalue weighted by Crippen LogP contribution is -1.92. The zero-order chi connectivity index (χ0) is 11.5. The highest BCUT2D eigenvalue weighted by Crippen LogP contribution is 2.19. The summed E-state index contributed by atoms with van der Waals surface area (Å²) in [4.78, 5) is 0. The van der Waals surface area contributed by atoms with Crippen molar-refractivity contribution in [3.05, 3.63) is 59.7 Å². The van der Waals surface area contributed by atoms with E-state index in [0.717, 1.165) is 17.3 Å². The van der Waals surface area contributed by atoms with Crippen molar-refractivity contribution in [1.82, 2.24) is 0 Å². The third-order valence-corrected chi connectivity index (χ3v) is 2.20. The van der Waals surface area contributed by atoms with Crippen LogP contribution >= 0.6 is 0 Å². The van der Waals surface area contributed by atoms with Crippen molar-refractivity contribution in [3.8, 4) is 0 Å². The molecule has 0 aromatic heterocycles. The van der Waals surface area contributed by atoms with Crippen LogP contribution in [0.1, 0.15) is 5.56 Å². The number of hydrogen-bond acceptors (Lipinski definition) is 1. The molecule has 1 N–H and O–H groups in total. The van der Waals surface area contributed by atoms with E-state index in [-0.39, 0.29) is 0 Å². The summed E-state index contributed by atoms with van der Waals surface area (Å²) < 4.78 is 25.8. The van der Waals surface area contributed by atoms with Crippen LogP contribution in [0, 0.1) is 18.6 Å². The Balaban J connectivity index is 2.23. The summed E-state index contributed by atoms with van der Waals surface area (Å²) in [5, 5.41) is 2.93. The van der Waals surface area contributed by atoms with Crippen LogP contribution in [0.4, 0.5) is 20.2 Å². The van der Waals surface area contributed by atoms with Gasteiger partial charge in [0.2, 0.25) is 0 Å². The molecule has 2 rings (SSSR count). The van der Waals surface area contributed by atoms with E-state index in [1.54, 1.807) is 0 Å². The predicted molar refractivity (Wildman–Crippen MR) is 60.8 cm³/mol. The van der Waals surface area contributed by atoms with Crippen molar-refractivity contribution >= 4 is 11.4 Å². The Labute approximate surface area is 92.7 Å². The molecule has 0 fully saturated rings. The predicted octanol–water partition coefficient (Wildman–Crippen LogP) is 4.02. The topological polar surface area (TPSA) is 12.0 Å². The van der Waals surface area contributed by atoms with E-state index < -0.39 is 11.6 Å². The summed E-state index contributed by atoms with van der Waals surface area (Å²) in [6, 6.07) is 10.9. The molecule has 0 heterocycles. The van der Waals surface area contributed by atoms with Gasteiger partial charge in [0, 0.05) is 17.4 Å². The van der Waals surface area contributed by atoms with Crippen LogP contribution in [-0.2, 0) is 0 Å². The molecule has 0 aliphatic carbocycles. The van der Waals surface area contributed by atoms with E-state index >= 15 is 0 Å². The van der Waals surface area contributed by atoms with Crippen molar-refractivity contribution < 1.29 is 8.78 Å². The summed E-state index contributed by atoms with van der Waals surface area (Å²) in [7, 11) is 0. The number of halogens is 2. The van der Waals surface area contributed by atoms with Crippen molar-refractivity contribution in [2.45, 2.75) is 6.92 Å². The standard InChI is InChI=1S/C13H11F2N/c1-9-2-4-12(5-3-9)16-13-7-10(14)6-11(15)8-13/h2-8,16H,1H3. The fraction of sp³-hybridized carbons (Fsp3) is 0.0769. The van der Waals surface area contributed by atoms with Crippen molar-refractivity contribution in [1.29, 1.82) is 0 Å². The second kappa shape index (κ2) is 4.31. The van der Waals surface area contributed by atoms with Gasteiger partial charge in [-0.05, 0) is 31.2 Å². The van der Waals surface area contributed by atoms with E-state index in [1.807, 2.05) is 31.2 Å². The van der Waals surface area contributed by atoms with E-state index in [0.29, 0.717) is 5.69 Å². The molecule has 0 spiro atoms. The minimum atomic E-state index is -0.588. The van der Waals surface area contributed by atoms with Gasteiger partial charge < -0.3 is 5.32 Å². The molecule has 2 aromatic rings. The highest BCUT2D eigenvalue weighted by molar-refractivity contribution is 5.59. The number of hydrogen-bond donors (Lipinski definition) is 1. The lowest BCUT2D eigenvalue weighted by atomic mass is 10.2. The van der Waals surface area contributed by atoms with Crippen LogP contribution in [0.3, 0.4) is 0 Å². The molecule has 0 bridgehead atoms. The van der Waals surface area contributed by atoms with Crippen LogP contribution in [0.5, 0.6) is 0 Å². The molecule has 1 nitrogen and oxygen atoms in total. The van der Waals surface area contributed by atoms with Crippen LogP contribution < -0.4 is 5.32 Å². The maximum Gasteiger partial charge on any atom is 0.128 e. The number of aryl methyl sites for hydroxylation is 1. The summed E-state index contributed by atoms with van der Waals surface area (Å²) >= 11 is 0. The molecule has 16 heavy (non-hydrogen) atoms. The second-order valence-electron chi connectivity index (χ2n) is 3.65. The highest BCUT2D eigenvalue weighted by atomic mass is 19.1. The molecule has 0 saturated carbocycles. The average Bonchev–Trinajstić information content (AvgIpc) is 2.20. The van der Waals surface area contributed by atoms with Gasteiger partial charge >= 0.3 is 0 Å². The molecule has 82 valence electrons. The zero-order valence-electron chi connectivity index (χ0n) is 8.80. The summed E-state index contributed by atoms with van der Waals surface area (Å²) in [6.07, 6.45) is 0. The first kappa shape index (κ1) is 10.6. The molecule has 0 atom stereocenters. The van der Waals surface area contributed by atoms with Gasteiger partial charge in [0.15, 0.2) is 0 Å². The molecule has 3 heteroatoms. The molecule has 0 unspecified atom stereocenters.